The molecule has 0 aliphatic carbocycles. The number of nitrogens with one attached hydrogen (secondary N) is 1. The van der Waals surface area contributed by atoms with Crippen molar-refractivity contribution in [3.05, 3.63) is 68.1 Å². The summed E-state index contributed by atoms with van der Waals surface area (Å²) in [6.45, 7) is 2.14. The third kappa shape index (κ3) is 2.85. The van der Waals surface area contributed by atoms with Crippen LogP contribution >= 0.6 is 31.9 Å². The molecular weight excluding hydrogens is 354 g/mol. The molecule has 0 spiro atoms. The summed E-state index contributed by atoms with van der Waals surface area (Å²) in [7, 11) is 1.99. The topological polar surface area (TPSA) is 12.0 Å². The van der Waals surface area contributed by atoms with Gasteiger partial charge in [-0.2, -0.15) is 0 Å². The van der Waals surface area contributed by atoms with Gasteiger partial charge in [-0.3, -0.25) is 0 Å². The Morgan fingerprint density at radius 3 is 2.39 bits per heavy atom. The fraction of sp³-hybridized carbons (Fsp3) is 0.200. The SMILES string of the molecule is CNC(c1ccccc1C)c1cc(Br)ccc1Br. The first-order valence-corrected chi connectivity index (χ1v) is 7.40. The molecule has 0 amide bonds. The van der Waals surface area contributed by atoms with Crippen LogP contribution in [0.15, 0.2) is 51.4 Å². The van der Waals surface area contributed by atoms with Crippen molar-refractivity contribution in [2.24, 2.45) is 0 Å². The molecule has 1 unspecified atom stereocenters. The third-order valence-corrected chi connectivity index (χ3v) is 4.27. The molecule has 3 heteroatoms. The van der Waals surface area contributed by atoms with Gasteiger partial charge in [0.15, 0.2) is 0 Å². The molecule has 0 aromatic heterocycles. The molecule has 18 heavy (non-hydrogen) atoms. The third-order valence-electron chi connectivity index (χ3n) is 3.06. The summed E-state index contributed by atoms with van der Waals surface area (Å²) < 4.78 is 2.21. The first kappa shape index (κ1) is 13.8. The van der Waals surface area contributed by atoms with Gasteiger partial charge in [0.25, 0.3) is 0 Å². The zero-order valence-corrected chi connectivity index (χ0v) is 13.5. The maximum absolute atomic E-state index is 3.63. The molecule has 0 heterocycles. The van der Waals surface area contributed by atoms with E-state index in [1.807, 2.05) is 13.1 Å². The Morgan fingerprint density at radius 1 is 1.00 bits per heavy atom. The first-order valence-electron chi connectivity index (χ1n) is 5.81. The largest absolute Gasteiger partial charge is 0.309 e. The van der Waals surface area contributed by atoms with E-state index in [9.17, 15) is 0 Å². The Kier molecular flexibility index (Phi) is 4.60. The van der Waals surface area contributed by atoms with Crippen molar-refractivity contribution in [3.63, 3.8) is 0 Å². The maximum atomic E-state index is 3.63. The standard InChI is InChI=1S/C15H15Br2N/c1-10-5-3-4-6-12(10)15(18-2)13-9-11(16)7-8-14(13)17/h3-9,15,18H,1-2H3. The van der Waals surface area contributed by atoms with Crippen LogP contribution in [0.25, 0.3) is 0 Å². The summed E-state index contributed by atoms with van der Waals surface area (Å²) in [6, 6.07) is 14.9. The first-order chi connectivity index (χ1) is 8.63. The van der Waals surface area contributed by atoms with Crippen molar-refractivity contribution in [2.75, 3.05) is 7.05 Å². The minimum Gasteiger partial charge on any atom is -0.309 e. The highest BCUT2D eigenvalue weighted by atomic mass is 79.9. The average Bonchev–Trinajstić information content (AvgIpc) is 2.36. The summed E-state index contributed by atoms with van der Waals surface area (Å²) in [5.74, 6) is 0. The highest BCUT2D eigenvalue weighted by Crippen LogP contribution is 2.32. The van der Waals surface area contributed by atoms with Gasteiger partial charge >= 0.3 is 0 Å². The average molecular weight is 369 g/mol. The lowest BCUT2D eigenvalue weighted by Crippen LogP contribution is -2.19. The van der Waals surface area contributed by atoms with E-state index in [0.29, 0.717) is 0 Å². The van der Waals surface area contributed by atoms with Crippen LogP contribution in [0, 0.1) is 6.92 Å². The summed E-state index contributed by atoms with van der Waals surface area (Å²) in [5, 5.41) is 3.39. The van der Waals surface area contributed by atoms with Crippen molar-refractivity contribution in [2.45, 2.75) is 13.0 Å². The van der Waals surface area contributed by atoms with Gasteiger partial charge < -0.3 is 5.32 Å². The number of halogens is 2. The lowest BCUT2D eigenvalue weighted by molar-refractivity contribution is 0.684. The van der Waals surface area contributed by atoms with Crippen molar-refractivity contribution >= 4 is 31.9 Å². The minimum absolute atomic E-state index is 0.193. The lowest BCUT2D eigenvalue weighted by atomic mass is 9.95. The normalized spacial score (nSPS) is 12.4. The van der Waals surface area contributed by atoms with E-state index in [1.54, 1.807) is 0 Å². The Bertz CT molecular complexity index is 552. The Balaban J connectivity index is 2.52. The molecule has 1 nitrogen and oxygen atoms in total. The Hall–Kier alpha value is -0.640. The molecule has 0 radical (unpaired) electrons. The van der Waals surface area contributed by atoms with Gasteiger partial charge in [-0.25, -0.2) is 0 Å². The van der Waals surface area contributed by atoms with Gasteiger partial charge in [0.05, 0.1) is 6.04 Å². The zero-order chi connectivity index (χ0) is 13.1. The van der Waals surface area contributed by atoms with Crippen LogP contribution in [0.1, 0.15) is 22.7 Å². The van der Waals surface area contributed by atoms with Crippen LogP contribution < -0.4 is 5.32 Å². The molecule has 2 aromatic rings. The molecule has 0 aliphatic heterocycles. The fourth-order valence-electron chi connectivity index (χ4n) is 2.13. The Morgan fingerprint density at radius 2 is 1.72 bits per heavy atom. The van der Waals surface area contributed by atoms with Crippen LogP contribution in [0.5, 0.6) is 0 Å². The predicted octanol–water partition coefficient (Wildman–Crippen LogP) is 4.83. The van der Waals surface area contributed by atoms with Crippen molar-refractivity contribution in [1.29, 1.82) is 0 Å². The second kappa shape index (κ2) is 6.00. The molecule has 1 N–H and O–H groups in total. The quantitative estimate of drug-likeness (QED) is 0.818. The summed E-state index contributed by atoms with van der Waals surface area (Å²) in [5.41, 5.74) is 3.84. The van der Waals surface area contributed by atoms with Gasteiger partial charge in [-0.1, -0.05) is 56.1 Å². The van der Waals surface area contributed by atoms with Crippen molar-refractivity contribution in [3.8, 4) is 0 Å². The number of hydrogen-bond acceptors (Lipinski definition) is 1. The zero-order valence-electron chi connectivity index (χ0n) is 10.4. The van der Waals surface area contributed by atoms with Crippen molar-refractivity contribution in [1.82, 2.24) is 5.32 Å². The van der Waals surface area contributed by atoms with Crippen LogP contribution in [-0.2, 0) is 0 Å². The molecule has 2 rings (SSSR count). The predicted molar refractivity (Wildman–Crippen MR) is 83.9 cm³/mol. The Labute approximate surface area is 125 Å². The van der Waals surface area contributed by atoms with Gasteiger partial charge in [0.1, 0.15) is 0 Å². The molecule has 94 valence electrons. The summed E-state index contributed by atoms with van der Waals surface area (Å²) in [4.78, 5) is 0. The molecular formula is C15H15Br2N. The van der Waals surface area contributed by atoms with Crippen LogP contribution in [-0.4, -0.2) is 7.05 Å². The molecule has 0 aliphatic rings. The number of aryl methyl sites for hydroxylation is 1. The van der Waals surface area contributed by atoms with Gasteiger partial charge in [0, 0.05) is 8.95 Å². The molecule has 0 saturated heterocycles. The summed E-state index contributed by atoms with van der Waals surface area (Å²) in [6.07, 6.45) is 0. The molecule has 1 atom stereocenters. The fourth-order valence-corrected chi connectivity index (χ4v) is 2.98. The number of benzene rings is 2. The van der Waals surface area contributed by atoms with Gasteiger partial charge in [0.2, 0.25) is 0 Å². The summed E-state index contributed by atoms with van der Waals surface area (Å²) >= 11 is 7.17. The highest BCUT2D eigenvalue weighted by molar-refractivity contribution is 9.11. The van der Waals surface area contributed by atoms with E-state index in [4.69, 9.17) is 0 Å². The van der Waals surface area contributed by atoms with Crippen LogP contribution in [0.2, 0.25) is 0 Å². The number of hydrogen-bond donors (Lipinski definition) is 1. The molecule has 0 saturated carbocycles. The van der Waals surface area contributed by atoms with Crippen molar-refractivity contribution < 1.29 is 0 Å². The second-order valence-corrected chi connectivity index (χ2v) is 6.01. The van der Waals surface area contributed by atoms with Crippen LogP contribution in [0.3, 0.4) is 0 Å². The van der Waals surface area contributed by atoms with Gasteiger partial charge in [-0.15, -0.1) is 0 Å². The van der Waals surface area contributed by atoms with Gasteiger partial charge in [-0.05, 0) is 48.9 Å². The molecule has 0 bridgehead atoms. The second-order valence-electron chi connectivity index (χ2n) is 4.24. The lowest BCUT2D eigenvalue weighted by Gasteiger charge is -2.21. The smallest absolute Gasteiger partial charge is 0.0588 e. The van der Waals surface area contributed by atoms with E-state index >= 15 is 0 Å². The van der Waals surface area contributed by atoms with E-state index < -0.39 is 0 Å². The van der Waals surface area contributed by atoms with E-state index in [0.717, 1.165) is 8.95 Å². The van der Waals surface area contributed by atoms with Crippen LogP contribution in [0.4, 0.5) is 0 Å². The number of rotatable bonds is 3. The highest BCUT2D eigenvalue weighted by Gasteiger charge is 2.16. The monoisotopic (exact) mass is 367 g/mol. The minimum atomic E-state index is 0.193. The van der Waals surface area contributed by atoms with E-state index in [2.05, 4.69) is 80.5 Å². The molecule has 2 aromatic carbocycles. The maximum Gasteiger partial charge on any atom is 0.0588 e. The van der Waals surface area contributed by atoms with E-state index in [1.165, 1.54) is 16.7 Å². The molecule has 0 fully saturated rings. The van der Waals surface area contributed by atoms with E-state index in [-0.39, 0.29) is 6.04 Å².